The first kappa shape index (κ1) is 13.2. The van der Waals surface area contributed by atoms with Gasteiger partial charge in [0.15, 0.2) is 0 Å². The summed E-state index contributed by atoms with van der Waals surface area (Å²) in [6.45, 7) is 2.47. The second kappa shape index (κ2) is 5.59. The molecule has 0 aliphatic carbocycles. The van der Waals surface area contributed by atoms with Crippen LogP contribution in [-0.4, -0.2) is 12.2 Å². The number of hydrogen-bond donors (Lipinski definition) is 1. The summed E-state index contributed by atoms with van der Waals surface area (Å²) in [5.41, 5.74) is 1.97. The number of furan rings is 1. The molecule has 2 rings (SSSR count). The standard InChI is InChI=1S/C14H16BrNO2/c1-10(17)11-5-6-14(13(15)8-11)16(2)9-12-4-3-7-18-12/h3-8,10,17H,9H2,1-2H3/t10-/m0/s1. The number of hydrogen-bond acceptors (Lipinski definition) is 3. The molecule has 0 aliphatic rings. The molecule has 0 fully saturated rings. The zero-order valence-corrected chi connectivity index (χ0v) is 12.0. The van der Waals surface area contributed by atoms with Crippen molar-refractivity contribution in [2.45, 2.75) is 19.6 Å². The summed E-state index contributed by atoms with van der Waals surface area (Å²) < 4.78 is 6.30. The molecular formula is C14H16BrNO2. The van der Waals surface area contributed by atoms with Crippen molar-refractivity contribution in [1.82, 2.24) is 0 Å². The lowest BCUT2D eigenvalue weighted by Crippen LogP contribution is -2.16. The van der Waals surface area contributed by atoms with Gasteiger partial charge in [-0.3, -0.25) is 0 Å². The first-order valence-electron chi connectivity index (χ1n) is 5.79. The van der Waals surface area contributed by atoms with Gasteiger partial charge >= 0.3 is 0 Å². The average Bonchev–Trinajstić information content (AvgIpc) is 2.81. The molecule has 1 N–H and O–H groups in total. The Balaban J connectivity index is 2.17. The maximum atomic E-state index is 9.54. The average molecular weight is 310 g/mol. The Morgan fingerprint density at radius 1 is 1.39 bits per heavy atom. The highest BCUT2D eigenvalue weighted by Crippen LogP contribution is 2.29. The van der Waals surface area contributed by atoms with Crippen LogP contribution < -0.4 is 4.90 Å². The minimum atomic E-state index is -0.453. The van der Waals surface area contributed by atoms with Crippen LogP contribution in [0.3, 0.4) is 0 Å². The molecule has 1 aromatic heterocycles. The molecule has 0 spiro atoms. The highest BCUT2D eigenvalue weighted by molar-refractivity contribution is 9.10. The van der Waals surface area contributed by atoms with Gasteiger partial charge in [-0.1, -0.05) is 6.07 Å². The summed E-state index contributed by atoms with van der Waals surface area (Å²) in [4.78, 5) is 2.09. The zero-order valence-electron chi connectivity index (χ0n) is 10.4. The van der Waals surface area contributed by atoms with E-state index in [4.69, 9.17) is 4.42 Å². The van der Waals surface area contributed by atoms with E-state index in [0.717, 1.165) is 21.5 Å². The highest BCUT2D eigenvalue weighted by Gasteiger charge is 2.10. The Hall–Kier alpha value is -1.26. The summed E-state index contributed by atoms with van der Waals surface area (Å²) in [5.74, 6) is 0.920. The second-order valence-electron chi connectivity index (χ2n) is 4.32. The van der Waals surface area contributed by atoms with Crippen LogP contribution in [-0.2, 0) is 6.54 Å². The van der Waals surface area contributed by atoms with Gasteiger partial charge in [-0.2, -0.15) is 0 Å². The van der Waals surface area contributed by atoms with Crippen molar-refractivity contribution >= 4 is 21.6 Å². The lowest BCUT2D eigenvalue weighted by atomic mass is 10.1. The number of halogens is 1. The van der Waals surface area contributed by atoms with E-state index in [1.54, 1.807) is 13.2 Å². The van der Waals surface area contributed by atoms with Crippen LogP contribution in [0.15, 0.2) is 45.5 Å². The van der Waals surface area contributed by atoms with Crippen molar-refractivity contribution in [2.75, 3.05) is 11.9 Å². The summed E-state index contributed by atoms with van der Waals surface area (Å²) in [5, 5.41) is 9.54. The van der Waals surface area contributed by atoms with Crippen LogP contribution in [0.2, 0.25) is 0 Å². The highest BCUT2D eigenvalue weighted by atomic mass is 79.9. The smallest absolute Gasteiger partial charge is 0.123 e. The molecular weight excluding hydrogens is 294 g/mol. The second-order valence-corrected chi connectivity index (χ2v) is 5.18. The predicted octanol–water partition coefficient (Wildman–Crippen LogP) is 3.73. The van der Waals surface area contributed by atoms with Gasteiger partial charge in [0.25, 0.3) is 0 Å². The van der Waals surface area contributed by atoms with Crippen LogP contribution in [0.1, 0.15) is 24.4 Å². The minimum Gasteiger partial charge on any atom is -0.467 e. The topological polar surface area (TPSA) is 36.6 Å². The Morgan fingerprint density at radius 2 is 2.17 bits per heavy atom. The van der Waals surface area contributed by atoms with Crippen LogP contribution in [0.4, 0.5) is 5.69 Å². The number of benzene rings is 1. The molecule has 0 saturated carbocycles. The van der Waals surface area contributed by atoms with Gasteiger partial charge in [0, 0.05) is 11.5 Å². The number of aliphatic hydroxyl groups excluding tert-OH is 1. The van der Waals surface area contributed by atoms with Gasteiger partial charge < -0.3 is 14.4 Å². The third-order valence-corrected chi connectivity index (χ3v) is 3.47. The van der Waals surface area contributed by atoms with Gasteiger partial charge in [0.05, 0.1) is 24.6 Å². The fourth-order valence-electron chi connectivity index (χ4n) is 1.81. The lowest BCUT2D eigenvalue weighted by molar-refractivity contribution is 0.199. The Morgan fingerprint density at radius 3 is 2.72 bits per heavy atom. The maximum Gasteiger partial charge on any atom is 0.123 e. The predicted molar refractivity (Wildman–Crippen MR) is 75.6 cm³/mol. The molecule has 3 nitrogen and oxygen atoms in total. The molecule has 0 amide bonds. The lowest BCUT2D eigenvalue weighted by Gasteiger charge is -2.20. The zero-order chi connectivity index (χ0) is 13.1. The molecule has 96 valence electrons. The Kier molecular flexibility index (Phi) is 4.09. The Labute approximate surface area is 115 Å². The molecule has 1 heterocycles. The Bertz CT molecular complexity index is 509. The molecule has 18 heavy (non-hydrogen) atoms. The molecule has 0 aliphatic heterocycles. The van der Waals surface area contributed by atoms with E-state index in [1.165, 1.54) is 0 Å². The van der Waals surface area contributed by atoms with Gasteiger partial charge in [0.1, 0.15) is 5.76 Å². The first-order valence-corrected chi connectivity index (χ1v) is 6.58. The molecule has 4 heteroatoms. The molecule has 0 unspecified atom stereocenters. The van der Waals surface area contributed by atoms with Gasteiger partial charge in [-0.05, 0) is 52.7 Å². The minimum absolute atomic E-state index is 0.453. The normalized spacial score (nSPS) is 12.4. The van der Waals surface area contributed by atoms with E-state index in [2.05, 4.69) is 20.8 Å². The van der Waals surface area contributed by atoms with Crippen molar-refractivity contribution in [3.05, 3.63) is 52.4 Å². The van der Waals surface area contributed by atoms with Crippen molar-refractivity contribution in [3.8, 4) is 0 Å². The van der Waals surface area contributed by atoms with E-state index < -0.39 is 6.10 Å². The van der Waals surface area contributed by atoms with Crippen LogP contribution in [0.25, 0.3) is 0 Å². The van der Waals surface area contributed by atoms with E-state index in [1.807, 2.05) is 37.4 Å². The summed E-state index contributed by atoms with van der Waals surface area (Å²) in [7, 11) is 2.00. The van der Waals surface area contributed by atoms with Gasteiger partial charge in [-0.25, -0.2) is 0 Å². The monoisotopic (exact) mass is 309 g/mol. The number of aliphatic hydroxyl groups is 1. The van der Waals surface area contributed by atoms with Gasteiger partial charge in [-0.15, -0.1) is 0 Å². The SMILES string of the molecule is C[C@H](O)c1ccc(N(C)Cc2ccco2)c(Br)c1. The van der Waals surface area contributed by atoms with Crippen LogP contribution >= 0.6 is 15.9 Å². The summed E-state index contributed by atoms with van der Waals surface area (Å²) in [6, 6.07) is 9.71. The maximum absolute atomic E-state index is 9.54. The van der Waals surface area contributed by atoms with Crippen molar-refractivity contribution in [1.29, 1.82) is 0 Å². The molecule has 2 aromatic rings. The van der Waals surface area contributed by atoms with E-state index in [-0.39, 0.29) is 0 Å². The number of nitrogens with zero attached hydrogens (tertiary/aromatic N) is 1. The molecule has 0 saturated heterocycles. The molecule has 1 aromatic carbocycles. The van der Waals surface area contributed by atoms with Crippen LogP contribution in [0.5, 0.6) is 0 Å². The number of rotatable bonds is 4. The van der Waals surface area contributed by atoms with E-state index in [9.17, 15) is 5.11 Å². The molecule has 0 radical (unpaired) electrons. The molecule has 1 atom stereocenters. The van der Waals surface area contributed by atoms with Crippen molar-refractivity contribution in [3.63, 3.8) is 0 Å². The first-order chi connectivity index (χ1) is 8.58. The van der Waals surface area contributed by atoms with Crippen molar-refractivity contribution < 1.29 is 9.52 Å². The van der Waals surface area contributed by atoms with Crippen LogP contribution in [0, 0.1) is 0 Å². The van der Waals surface area contributed by atoms with E-state index in [0.29, 0.717) is 6.54 Å². The summed E-state index contributed by atoms with van der Waals surface area (Å²) in [6.07, 6.45) is 1.22. The number of anilines is 1. The van der Waals surface area contributed by atoms with Crippen molar-refractivity contribution in [2.24, 2.45) is 0 Å². The third-order valence-electron chi connectivity index (χ3n) is 2.84. The third kappa shape index (κ3) is 2.94. The molecule has 0 bridgehead atoms. The van der Waals surface area contributed by atoms with E-state index >= 15 is 0 Å². The quantitative estimate of drug-likeness (QED) is 0.935. The van der Waals surface area contributed by atoms with Gasteiger partial charge in [0.2, 0.25) is 0 Å². The fourth-order valence-corrected chi connectivity index (χ4v) is 2.51. The summed E-state index contributed by atoms with van der Waals surface area (Å²) >= 11 is 3.54. The largest absolute Gasteiger partial charge is 0.467 e. The fraction of sp³-hybridized carbons (Fsp3) is 0.286.